The molecule has 0 unspecified atom stereocenters. The van der Waals surface area contributed by atoms with E-state index in [1.54, 1.807) is 24.3 Å². The van der Waals surface area contributed by atoms with Gasteiger partial charge < -0.3 is 10.2 Å². The van der Waals surface area contributed by atoms with Crippen LogP contribution in [0.4, 0.5) is 4.79 Å². The van der Waals surface area contributed by atoms with Crippen LogP contribution in [0.25, 0.3) is 0 Å². The summed E-state index contributed by atoms with van der Waals surface area (Å²) in [6.07, 6.45) is 3.37. The van der Waals surface area contributed by atoms with E-state index in [-0.39, 0.29) is 56.2 Å². The highest BCUT2D eigenvalue weighted by molar-refractivity contribution is 7.88. The zero-order valence-electron chi connectivity index (χ0n) is 18.3. The maximum Gasteiger partial charge on any atom is 0.325 e. The number of nitrogens with zero attached hydrogens (tertiary/aromatic N) is 3. The average molecular weight is 463 g/mol. The maximum atomic E-state index is 13.1. The Labute approximate surface area is 188 Å². The maximum absolute atomic E-state index is 13.1. The van der Waals surface area contributed by atoms with Gasteiger partial charge in [0.05, 0.1) is 5.75 Å². The molecule has 1 aliphatic carbocycles. The van der Waals surface area contributed by atoms with Crippen LogP contribution in [0, 0.1) is 5.92 Å². The predicted octanol–water partition coefficient (Wildman–Crippen LogP) is 1.16. The Morgan fingerprint density at radius 2 is 1.78 bits per heavy atom. The van der Waals surface area contributed by atoms with E-state index in [9.17, 15) is 22.8 Å². The number of nitrogens with one attached hydrogen (secondary N) is 1. The Hall–Kier alpha value is -2.46. The molecule has 9 nitrogen and oxygen atoms in total. The monoisotopic (exact) mass is 462 g/mol. The van der Waals surface area contributed by atoms with Crippen molar-refractivity contribution in [3.63, 3.8) is 0 Å². The third-order valence-corrected chi connectivity index (χ3v) is 8.82. The van der Waals surface area contributed by atoms with Crippen molar-refractivity contribution in [1.82, 2.24) is 19.4 Å². The van der Waals surface area contributed by atoms with Crippen LogP contribution in [0.1, 0.15) is 38.2 Å². The molecule has 4 rings (SSSR count). The van der Waals surface area contributed by atoms with Gasteiger partial charge in [0.1, 0.15) is 12.1 Å². The van der Waals surface area contributed by atoms with Crippen molar-refractivity contribution in [2.45, 2.75) is 43.9 Å². The molecule has 1 spiro atoms. The van der Waals surface area contributed by atoms with Crippen LogP contribution in [0.3, 0.4) is 0 Å². The zero-order valence-corrected chi connectivity index (χ0v) is 19.1. The third kappa shape index (κ3) is 4.25. The second-order valence-electron chi connectivity index (χ2n) is 8.96. The van der Waals surface area contributed by atoms with E-state index in [0.717, 1.165) is 29.7 Å². The number of urea groups is 1. The molecule has 0 radical (unpaired) electrons. The minimum atomic E-state index is -3.48. The van der Waals surface area contributed by atoms with Gasteiger partial charge in [-0.1, -0.05) is 50.1 Å². The molecule has 3 aliphatic rings. The minimum Gasteiger partial charge on any atom is -0.338 e. The number of hydrogen-bond acceptors (Lipinski definition) is 5. The largest absolute Gasteiger partial charge is 0.338 e. The van der Waals surface area contributed by atoms with Crippen LogP contribution in [0.15, 0.2) is 30.3 Å². The van der Waals surface area contributed by atoms with E-state index in [2.05, 4.69) is 5.32 Å². The van der Waals surface area contributed by atoms with Gasteiger partial charge in [-0.3, -0.25) is 14.5 Å². The SMILES string of the molecule is C[C@H]1CCCC[C@]12NC(=O)N(CC(=O)N1CCN(S(=O)(=O)Cc3ccccc3)CC1)C2=O. The molecule has 2 heterocycles. The fraction of sp³-hybridized carbons (Fsp3) is 0.591. The van der Waals surface area contributed by atoms with Crippen LogP contribution >= 0.6 is 0 Å². The molecule has 2 aliphatic heterocycles. The fourth-order valence-corrected chi connectivity index (χ4v) is 6.48. The van der Waals surface area contributed by atoms with Gasteiger partial charge in [-0.2, -0.15) is 4.31 Å². The number of amides is 4. The molecule has 4 amide bonds. The summed E-state index contributed by atoms with van der Waals surface area (Å²) in [6.45, 7) is 2.52. The molecular weight excluding hydrogens is 432 g/mol. The van der Waals surface area contributed by atoms with Crippen molar-refractivity contribution in [2.75, 3.05) is 32.7 Å². The smallest absolute Gasteiger partial charge is 0.325 e. The molecule has 2 atom stereocenters. The second-order valence-corrected chi connectivity index (χ2v) is 10.9. The van der Waals surface area contributed by atoms with Gasteiger partial charge in [-0.15, -0.1) is 0 Å². The van der Waals surface area contributed by atoms with Gasteiger partial charge in [0.2, 0.25) is 15.9 Å². The summed E-state index contributed by atoms with van der Waals surface area (Å²) in [5.74, 6) is -0.697. The highest BCUT2D eigenvalue weighted by atomic mass is 32.2. The molecule has 1 saturated carbocycles. The Bertz CT molecular complexity index is 991. The van der Waals surface area contributed by atoms with E-state index in [1.165, 1.54) is 9.21 Å². The predicted molar refractivity (Wildman–Crippen MR) is 118 cm³/mol. The summed E-state index contributed by atoms with van der Waals surface area (Å²) < 4.78 is 26.8. The lowest BCUT2D eigenvalue weighted by atomic mass is 9.73. The van der Waals surface area contributed by atoms with Crippen molar-refractivity contribution >= 4 is 27.9 Å². The molecule has 3 fully saturated rings. The summed E-state index contributed by atoms with van der Waals surface area (Å²) in [4.78, 5) is 41.0. The Morgan fingerprint density at radius 1 is 1.09 bits per heavy atom. The number of rotatable bonds is 5. The first kappa shape index (κ1) is 22.7. The number of imide groups is 1. The number of carbonyl (C=O) groups is 3. The van der Waals surface area contributed by atoms with Crippen molar-refractivity contribution < 1.29 is 22.8 Å². The number of hydrogen-bond donors (Lipinski definition) is 1. The lowest BCUT2D eigenvalue weighted by Gasteiger charge is -2.37. The molecule has 0 aromatic heterocycles. The van der Waals surface area contributed by atoms with E-state index in [0.29, 0.717) is 6.42 Å². The summed E-state index contributed by atoms with van der Waals surface area (Å²) >= 11 is 0. The number of benzene rings is 1. The molecule has 174 valence electrons. The van der Waals surface area contributed by atoms with E-state index < -0.39 is 21.6 Å². The van der Waals surface area contributed by atoms with E-state index >= 15 is 0 Å². The fourth-order valence-electron chi connectivity index (χ4n) is 4.97. The molecule has 1 aromatic rings. The highest BCUT2D eigenvalue weighted by Crippen LogP contribution is 2.38. The van der Waals surface area contributed by atoms with Crippen molar-refractivity contribution in [2.24, 2.45) is 5.92 Å². The van der Waals surface area contributed by atoms with Gasteiger partial charge in [-0.25, -0.2) is 13.2 Å². The molecule has 0 bridgehead atoms. The highest BCUT2D eigenvalue weighted by Gasteiger charge is 2.55. The van der Waals surface area contributed by atoms with Crippen molar-refractivity contribution in [1.29, 1.82) is 0 Å². The van der Waals surface area contributed by atoms with Gasteiger partial charge >= 0.3 is 6.03 Å². The molecule has 1 N–H and O–H groups in total. The first-order valence-corrected chi connectivity index (χ1v) is 12.8. The molecule has 10 heteroatoms. The normalized spacial score (nSPS) is 27.1. The first-order chi connectivity index (χ1) is 15.2. The van der Waals surface area contributed by atoms with Crippen LogP contribution in [-0.4, -0.2) is 78.6 Å². The second kappa shape index (κ2) is 8.82. The Balaban J connectivity index is 1.34. The third-order valence-electron chi connectivity index (χ3n) is 6.97. The van der Waals surface area contributed by atoms with E-state index in [4.69, 9.17) is 0 Å². The van der Waals surface area contributed by atoms with Gasteiger partial charge in [0, 0.05) is 26.2 Å². The Kier molecular flexibility index (Phi) is 6.26. The standard InChI is InChI=1S/C22H30N4O5S/c1-17-7-5-6-10-22(17)20(28)26(21(29)23-22)15-19(27)24-11-13-25(14-12-24)32(30,31)16-18-8-3-2-4-9-18/h2-4,8-9,17H,5-7,10-16H2,1H3,(H,23,29)/t17-,22-/m0/s1. The van der Waals surface area contributed by atoms with Crippen molar-refractivity contribution in [3.8, 4) is 0 Å². The summed E-state index contributed by atoms with van der Waals surface area (Å²) in [5, 5.41) is 2.86. The van der Waals surface area contributed by atoms with E-state index in [1.807, 2.05) is 13.0 Å². The van der Waals surface area contributed by atoms with Crippen LogP contribution < -0.4 is 5.32 Å². The number of sulfonamides is 1. The Morgan fingerprint density at radius 3 is 2.44 bits per heavy atom. The molecule has 2 saturated heterocycles. The van der Waals surface area contributed by atoms with Crippen LogP contribution in [0.2, 0.25) is 0 Å². The van der Waals surface area contributed by atoms with Gasteiger partial charge in [-0.05, 0) is 24.3 Å². The molecular formula is C22H30N4O5S. The average Bonchev–Trinajstić information content (AvgIpc) is 3.01. The van der Waals surface area contributed by atoms with Gasteiger partial charge in [0.25, 0.3) is 5.91 Å². The first-order valence-electron chi connectivity index (χ1n) is 11.2. The molecule has 1 aromatic carbocycles. The summed E-state index contributed by atoms with van der Waals surface area (Å²) in [7, 11) is -3.48. The molecule has 32 heavy (non-hydrogen) atoms. The minimum absolute atomic E-state index is 0.0335. The summed E-state index contributed by atoms with van der Waals surface area (Å²) in [6, 6.07) is 8.47. The van der Waals surface area contributed by atoms with Crippen molar-refractivity contribution in [3.05, 3.63) is 35.9 Å². The zero-order chi connectivity index (χ0) is 22.9. The number of carbonyl (C=O) groups excluding carboxylic acids is 3. The van der Waals surface area contributed by atoms with Crippen LogP contribution in [-0.2, 0) is 25.4 Å². The number of piperazine rings is 1. The lowest BCUT2D eigenvalue weighted by molar-refractivity contribution is -0.141. The van der Waals surface area contributed by atoms with Crippen LogP contribution in [0.5, 0.6) is 0 Å². The lowest BCUT2D eigenvalue weighted by Crippen LogP contribution is -2.55. The topological polar surface area (TPSA) is 107 Å². The summed E-state index contributed by atoms with van der Waals surface area (Å²) in [5.41, 5.74) is -0.171. The quantitative estimate of drug-likeness (QED) is 0.661. The van der Waals surface area contributed by atoms with Gasteiger partial charge in [0.15, 0.2) is 0 Å².